The maximum absolute atomic E-state index is 11.2. The molecule has 1 atom stereocenters. The van der Waals surface area contributed by atoms with Gasteiger partial charge in [-0.2, -0.15) is 0 Å². The molecule has 0 spiro atoms. The van der Waals surface area contributed by atoms with Gasteiger partial charge in [0.2, 0.25) is 5.91 Å². The number of carbonyl (C=O) groups excluding carboxylic acids is 2. The molecule has 0 heterocycles. The quantitative estimate of drug-likeness (QED) is 0.695. The Morgan fingerprint density at radius 3 is 2.27 bits per heavy atom. The van der Waals surface area contributed by atoms with Crippen LogP contribution in [0.3, 0.4) is 0 Å². The topological polar surface area (TPSA) is 90.7 Å². The molecule has 0 aromatic rings. The summed E-state index contributed by atoms with van der Waals surface area (Å²) in [6, 6.07) is 0. The zero-order chi connectivity index (χ0) is 12.1. The molecule has 0 aliphatic rings. The summed E-state index contributed by atoms with van der Waals surface area (Å²) in [6.07, 6.45) is -1.44. The molecule has 3 N–H and O–H groups in total. The van der Waals surface area contributed by atoms with Crippen molar-refractivity contribution >= 4 is 12.0 Å². The van der Waals surface area contributed by atoms with Crippen LogP contribution in [0.15, 0.2) is 0 Å². The number of hydrogen-bond acceptors (Lipinski definition) is 4. The minimum Gasteiger partial charge on any atom is -0.444 e. The lowest BCUT2D eigenvalue weighted by Gasteiger charge is -2.20. The lowest BCUT2D eigenvalue weighted by atomic mass is 10.2. The van der Waals surface area contributed by atoms with Crippen LogP contribution in [0.4, 0.5) is 4.79 Å². The summed E-state index contributed by atoms with van der Waals surface area (Å²) in [5.74, 6) is -0.631. The van der Waals surface area contributed by atoms with E-state index < -0.39 is 23.7 Å². The van der Waals surface area contributed by atoms with Crippen molar-refractivity contribution in [1.29, 1.82) is 0 Å². The van der Waals surface area contributed by atoms with Gasteiger partial charge in [-0.15, -0.1) is 0 Å². The van der Waals surface area contributed by atoms with Crippen LogP contribution in [0.5, 0.6) is 0 Å². The van der Waals surface area contributed by atoms with Crippen LogP contribution < -0.4 is 11.1 Å². The molecule has 1 unspecified atom stereocenters. The molecule has 0 aliphatic heterocycles. The Balaban J connectivity index is 3.94. The number of carbonyl (C=O) groups is 2. The zero-order valence-corrected chi connectivity index (χ0v) is 9.49. The summed E-state index contributed by atoms with van der Waals surface area (Å²) in [4.78, 5) is 21.9. The molecule has 0 aromatic carbocycles. The van der Waals surface area contributed by atoms with Gasteiger partial charge in [0.1, 0.15) is 5.60 Å². The molecular formula is C9H18N2O4. The number of amides is 2. The Morgan fingerprint density at radius 2 is 1.93 bits per heavy atom. The maximum atomic E-state index is 11.2. The number of primary amides is 1. The van der Waals surface area contributed by atoms with Crippen LogP contribution >= 0.6 is 0 Å². The van der Waals surface area contributed by atoms with Gasteiger partial charge in [0.05, 0.1) is 6.54 Å². The van der Waals surface area contributed by atoms with E-state index in [1.807, 2.05) is 0 Å². The van der Waals surface area contributed by atoms with Gasteiger partial charge >= 0.3 is 6.09 Å². The van der Waals surface area contributed by atoms with Gasteiger partial charge in [-0.25, -0.2) is 4.79 Å². The van der Waals surface area contributed by atoms with Crippen molar-refractivity contribution < 1.29 is 19.1 Å². The highest BCUT2D eigenvalue weighted by Crippen LogP contribution is 2.06. The Morgan fingerprint density at radius 1 is 1.40 bits per heavy atom. The largest absolute Gasteiger partial charge is 0.444 e. The molecule has 0 rings (SSSR count). The van der Waals surface area contributed by atoms with Crippen molar-refractivity contribution in [2.24, 2.45) is 5.73 Å². The Kier molecular flexibility index (Phi) is 5.07. The van der Waals surface area contributed by atoms with Crippen LogP contribution in [0.25, 0.3) is 0 Å². The first-order valence-corrected chi connectivity index (χ1v) is 4.55. The van der Waals surface area contributed by atoms with Crippen molar-refractivity contribution in [1.82, 2.24) is 5.32 Å². The molecule has 0 radical (unpaired) electrons. The second kappa shape index (κ2) is 5.55. The maximum Gasteiger partial charge on any atom is 0.407 e. The lowest BCUT2D eigenvalue weighted by Crippen LogP contribution is -2.42. The lowest BCUT2D eigenvalue weighted by molar-refractivity contribution is -0.127. The van der Waals surface area contributed by atoms with Gasteiger partial charge in [0, 0.05) is 7.11 Å². The fraction of sp³-hybridized carbons (Fsp3) is 0.778. The molecule has 6 heteroatoms. The first kappa shape index (κ1) is 13.7. The van der Waals surface area contributed by atoms with Gasteiger partial charge < -0.3 is 20.5 Å². The molecule has 0 aliphatic carbocycles. The number of nitrogens with two attached hydrogens (primary N) is 1. The molecule has 0 bridgehead atoms. The van der Waals surface area contributed by atoms with E-state index in [0.29, 0.717) is 0 Å². The molecule has 0 saturated carbocycles. The van der Waals surface area contributed by atoms with E-state index >= 15 is 0 Å². The van der Waals surface area contributed by atoms with Gasteiger partial charge in [0.25, 0.3) is 0 Å². The highest BCUT2D eigenvalue weighted by molar-refractivity contribution is 5.80. The number of hydrogen-bond donors (Lipinski definition) is 2. The molecule has 0 aromatic heterocycles. The predicted octanol–water partition coefficient (Wildman–Crippen LogP) is 0.0114. The average Bonchev–Trinajstić information content (AvgIpc) is 2.01. The highest BCUT2D eigenvalue weighted by atomic mass is 16.6. The van der Waals surface area contributed by atoms with E-state index in [2.05, 4.69) is 5.32 Å². The van der Waals surface area contributed by atoms with Gasteiger partial charge in [-0.05, 0) is 20.8 Å². The molecule has 15 heavy (non-hydrogen) atoms. The normalized spacial score (nSPS) is 13.1. The van der Waals surface area contributed by atoms with E-state index in [1.165, 1.54) is 7.11 Å². The second-order valence-corrected chi connectivity index (χ2v) is 4.01. The molecular weight excluding hydrogens is 200 g/mol. The van der Waals surface area contributed by atoms with Crippen LogP contribution in [-0.4, -0.2) is 37.4 Å². The summed E-state index contributed by atoms with van der Waals surface area (Å²) in [5, 5.41) is 2.38. The smallest absolute Gasteiger partial charge is 0.407 e. The summed E-state index contributed by atoms with van der Waals surface area (Å²) < 4.78 is 9.70. The Bertz CT molecular complexity index is 235. The van der Waals surface area contributed by atoms with E-state index in [-0.39, 0.29) is 6.54 Å². The summed E-state index contributed by atoms with van der Waals surface area (Å²) >= 11 is 0. The van der Waals surface area contributed by atoms with Gasteiger partial charge in [-0.1, -0.05) is 0 Å². The van der Waals surface area contributed by atoms with Crippen LogP contribution in [0.1, 0.15) is 20.8 Å². The fourth-order valence-corrected chi connectivity index (χ4v) is 0.790. The number of alkyl carbamates (subject to hydrolysis) is 1. The van der Waals surface area contributed by atoms with Crippen molar-refractivity contribution in [3.05, 3.63) is 0 Å². The molecule has 88 valence electrons. The minimum atomic E-state index is -0.836. The van der Waals surface area contributed by atoms with Crippen LogP contribution in [-0.2, 0) is 14.3 Å². The fourth-order valence-electron chi connectivity index (χ4n) is 0.790. The first-order chi connectivity index (χ1) is 6.76. The highest BCUT2D eigenvalue weighted by Gasteiger charge is 2.19. The van der Waals surface area contributed by atoms with E-state index in [1.54, 1.807) is 20.8 Å². The Labute approximate surface area is 89.1 Å². The number of rotatable bonds is 4. The second-order valence-electron chi connectivity index (χ2n) is 4.01. The number of methoxy groups -OCH3 is 1. The third kappa shape index (κ3) is 6.73. The molecule has 0 fully saturated rings. The van der Waals surface area contributed by atoms with Gasteiger partial charge in [-0.3, -0.25) is 4.79 Å². The minimum absolute atomic E-state index is 0.000741. The Hall–Kier alpha value is -1.30. The summed E-state index contributed by atoms with van der Waals surface area (Å²) in [7, 11) is 1.34. The summed E-state index contributed by atoms with van der Waals surface area (Å²) in [5.41, 5.74) is 4.43. The van der Waals surface area contributed by atoms with Crippen LogP contribution in [0, 0.1) is 0 Å². The van der Waals surface area contributed by atoms with Crippen molar-refractivity contribution in [3.63, 3.8) is 0 Å². The van der Waals surface area contributed by atoms with E-state index in [9.17, 15) is 9.59 Å². The molecule has 6 nitrogen and oxygen atoms in total. The monoisotopic (exact) mass is 218 g/mol. The first-order valence-electron chi connectivity index (χ1n) is 4.55. The van der Waals surface area contributed by atoms with Crippen molar-refractivity contribution in [2.45, 2.75) is 32.5 Å². The third-order valence-corrected chi connectivity index (χ3v) is 1.43. The molecule has 2 amide bonds. The molecule has 0 saturated heterocycles. The summed E-state index contributed by atoms with van der Waals surface area (Å²) in [6.45, 7) is 5.23. The van der Waals surface area contributed by atoms with Crippen LogP contribution in [0.2, 0.25) is 0 Å². The van der Waals surface area contributed by atoms with E-state index in [4.69, 9.17) is 15.2 Å². The number of ether oxygens (including phenoxy) is 2. The number of nitrogens with one attached hydrogen (secondary N) is 1. The average molecular weight is 218 g/mol. The van der Waals surface area contributed by atoms with Crippen molar-refractivity contribution in [3.8, 4) is 0 Å². The zero-order valence-electron chi connectivity index (χ0n) is 9.49. The van der Waals surface area contributed by atoms with Crippen molar-refractivity contribution in [2.75, 3.05) is 13.7 Å². The standard InChI is InChI=1S/C9H18N2O4/c1-9(2,3)15-8(13)11-5-6(14-4)7(10)12/h6H,5H2,1-4H3,(H2,10,12)(H,11,13). The van der Waals surface area contributed by atoms with Gasteiger partial charge in [0.15, 0.2) is 6.10 Å². The third-order valence-electron chi connectivity index (χ3n) is 1.43. The predicted molar refractivity (Wildman–Crippen MR) is 54.2 cm³/mol. The van der Waals surface area contributed by atoms with E-state index in [0.717, 1.165) is 0 Å². The SMILES string of the molecule is COC(CNC(=O)OC(C)(C)C)C(N)=O.